The predicted molar refractivity (Wildman–Crippen MR) is 112 cm³/mol. The van der Waals surface area contributed by atoms with Crippen molar-refractivity contribution in [2.45, 2.75) is 50.5 Å². The van der Waals surface area contributed by atoms with Crippen LogP contribution in [0.1, 0.15) is 43.5 Å². The highest BCUT2D eigenvalue weighted by molar-refractivity contribution is 7.15. The van der Waals surface area contributed by atoms with Gasteiger partial charge in [0.2, 0.25) is 11.0 Å². The second-order valence-electron chi connectivity index (χ2n) is 9.23. The zero-order valence-corrected chi connectivity index (χ0v) is 17.3. The number of carbonyl (C=O) groups is 1. The Morgan fingerprint density at radius 1 is 1.07 bits per heavy atom. The van der Waals surface area contributed by atoms with Gasteiger partial charge in [-0.2, -0.15) is 0 Å². The van der Waals surface area contributed by atoms with E-state index in [9.17, 15) is 9.59 Å². The molecule has 30 heavy (non-hydrogen) atoms. The smallest absolute Gasteiger partial charge is 0.278 e. The van der Waals surface area contributed by atoms with E-state index >= 15 is 0 Å². The Morgan fingerprint density at radius 3 is 2.50 bits per heavy atom. The van der Waals surface area contributed by atoms with Crippen LogP contribution < -0.4 is 10.9 Å². The quantitative estimate of drug-likeness (QED) is 0.694. The van der Waals surface area contributed by atoms with Gasteiger partial charge in [0.05, 0.1) is 5.39 Å². The molecule has 2 aromatic heterocycles. The minimum Gasteiger partial charge on any atom is -0.299 e. The van der Waals surface area contributed by atoms with Crippen LogP contribution in [-0.2, 0) is 16.8 Å². The van der Waals surface area contributed by atoms with Gasteiger partial charge in [0.25, 0.3) is 5.56 Å². The first-order chi connectivity index (χ1) is 14.6. The second kappa shape index (κ2) is 6.66. The summed E-state index contributed by atoms with van der Waals surface area (Å²) in [6.07, 6.45) is 7.77. The van der Waals surface area contributed by atoms with Crippen molar-refractivity contribution in [3.05, 3.63) is 39.6 Å². The summed E-state index contributed by atoms with van der Waals surface area (Å²) in [5.41, 5.74) is 0.349. The molecule has 1 N–H and O–H groups in total. The van der Waals surface area contributed by atoms with Gasteiger partial charge >= 0.3 is 0 Å². The zero-order chi connectivity index (χ0) is 20.3. The van der Waals surface area contributed by atoms with Gasteiger partial charge in [-0.15, -0.1) is 15.3 Å². The molecule has 3 aromatic rings. The van der Waals surface area contributed by atoms with E-state index in [1.807, 2.05) is 0 Å². The number of hydrogen-bond donors (Lipinski definition) is 1. The summed E-state index contributed by atoms with van der Waals surface area (Å²) in [5.74, 6) is 2.14. The van der Waals surface area contributed by atoms with Crippen molar-refractivity contribution in [3.63, 3.8) is 0 Å². The summed E-state index contributed by atoms with van der Waals surface area (Å²) in [6, 6.07) is 6.97. The van der Waals surface area contributed by atoms with E-state index in [1.165, 1.54) is 49.9 Å². The summed E-state index contributed by atoms with van der Waals surface area (Å²) in [5, 5.41) is 21.4. The van der Waals surface area contributed by atoms with Crippen molar-refractivity contribution in [1.82, 2.24) is 25.2 Å². The number of nitrogens with zero attached hydrogens (tertiary/aromatic N) is 5. The van der Waals surface area contributed by atoms with Gasteiger partial charge < -0.3 is 0 Å². The fourth-order valence-corrected chi connectivity index (χ4v) is 7.26. The largest absolute Gasteiger partial charge is 0.299 e. The molecule has 1 aromatic carbocycles. The highest BCUT2D eigenvalue weighted by atomic mass is 32.1. The average molecular weight is 423 g/mol. The lowest BCUT2D eigenvalue weighted by molar-refractivity contribution is -0.117. The number of rotatable bonds is 4. The molecule has 0 spiro atoms. The molecular weight excluding hydrogens is 400 g/mol. The minimum atomic E-state index is -0.352. The third-order valence-corrected chi connectivity index (χ3v) is 8.17. The normalized spacial score (nSPS) is 29.4. The number of carbonyl (C=O) groups excluding carboxylic acids is 1. The summed E-state index contributed by atoms with van der Waals surface area (Å²) in [6.45, 7) is -0.205. The number of nitrogens with one attached hydrogen (secondary N) is 1. The molecule has 0 aliphatic heterocycles. The Bertz CT molecular complexity index is 1170. The van der Waals surface area contributed by atoms with Crippen LogP contribution in [0.5, 0.6) is 0 Å². The van der Waals surface area contributed by atoms with Crippen LogP contribution in [0.4, 0.5) is 5.13 Å². The minimum absolute atomic E-state index is 0.163. The van der Waals surface area contributed by atoms with Gasteiger partial charge in [-0.25, -0.2) is 4.68 Å². The number of aromatic nitrogens is 5. The van der Waals surface area contributed by atoms with Gasteiger partial charge in [-0.3, -0.25) is 14.9 Å². The van der Waals surface area contributed by atoms with Gasteiger partial charge in [-0.1, -0.05) is 28.7 Å². The lowest BCUT2D eigenvalue weighted by atomic mass is 9.50. The predicted octanol–water partition coefficient (Wildman–Crippen LogP) is 2.75. The molecule has 1 amide bonds. The van der Waals surface area contributed by atoms with E-state index < -0.39 is 0 Å². The van der Waals surface area contributed by atoms with Gasteiger partial charge in [0.15, 0.2) is 0 Å². The molecule has 9 heteroatoms. The third-order valence-electron chi connectivity index (χ3n) is 7.09. The molecule has 4 bridgehead atoms. The molecule has 4 aliphatic carbocycles. The number of hydrogen-bond acceptors (Lipinski definition) is 7. The van der Waals surface area contributed by atoms with Gasteiger partial charge in [0, 0.05) is 5.41 Å². The molecule has 0 radical (unpaired) electrons. The van der Waals surface area contributed by atoms with Gasteiger partial charge in [0.1, 0.15) is 17.1 Å². The summed E-state index contributed by atoms with van der Waals surface area (Å²) in [7, 11) is 0. The van der Waals surface area contributed by atoms with Gasteiger partial charge in [-0.05, 0) is 68.4 Å². The topological polar surface area (TPSA) is 103 Å². The summed E-state index contributed by atoms with van der Waals surface area (Å²) in [4.78, 5) is 25.1. The third kappa shape index (κ3) is 2.94. The van der Waals surface area contributed by atoms with E-state index in [4.69, 9.17) is 0 Å². The Balaban J connectivity index is 1.19. The summed E-state index contributed by atoms with van der Waals surface area (Å²) >= 11 is 1.49. The zero-order valence-electron chi connectivity index (χ0n) is 16.5. The van der Waals surface area contributed by atoms with Crippen LogP contribution >= 0.6 is 11.3 Å². The number of benzene rings is 1. The van der Waals surface area contributed by atoms with Crippen LogP contribution in [0.2, 0.25) is 0 Å². The fraction of sp³-hybridized carbons (Fsp3) is 0.524. The maximum Gasteiger partial charge on any atom is 0.278 e. The maximum atomic E-state index is 12.5. The lowest BCUT2D eigenvalue weighted by Gasteiger charge is -2.55. The van der Waals surface area contributed by atoms with Crippen molar-refractivity contribution in [1.29, 1.82) is 0 Å². The van der Waals surface area contributed by atoms with Crippen molar-refractivity contribution in [3.8, 4) is 0 Å². The average Bonchev–Trinajstić information content (AvgIpc) is 3.19. The highest BCUT2D eigenvalue weighted by Gasteiger charge is 2.53. The fourth-order valence-electron chi connectivity index (χ4n) is 6.28. The Kier molecular flexibility index (Phi) is 4.02. The van der Waals surface area contributed by atoms with E-state index in [1.54, 1.807) is 24.3 Å². The first-order valence-corrected chi connectivity index (χ1v) is 11.4. The molecule has 154 valence electrons. The Hall–Kier alpha value is -2.68. The van der Waals surface area contributed by atoms with E-state index in [2.05, 4.69) is 25.8 Å². The maximum absolute atomic E-state index is 12.5. The van der Waals surface area contributed by atoms with Crippen LogP contribution in [0.3, 0.4) is 0 Å². The molecule has 4 aliphatic rings. The molecule has 4 fully saturated rings. The first kappa shape index (κ1) is 18.1. The van der Waals surface area contributed by atoms with Crippen molar-refractivity contribution < 1.29 is 4.79 Å². The summed E-state index contributed by atoms with van der Waals surface area (Å²) < 4.78 is 1.08. The Labute approximate surface area is 176 Å². The molecule has 0 unspecified atom stereocenters. The van der Waals surface area contributed by atoms with Crippen LogP contribution in [0, 0.1) is 17.8 Å². The first-order valence-electron chi connectivity index (χ1n) is 10.5. The van der Waals surface area contributed by atoms with Crippen molar-refractivity contribution in [2.24, 2.45) is 17.8 Å². The molecular formula is C21H22N6O2S. The van der Waals surface area contributed by atoms with E-state index in [-0.39, 0.29) is 23.4 Å². The van der Waals surface area contributed by atoms with Crippen molar-refractivity contribution in [2.75, 3.05) is 5.32 Å². The van der Waals surface area contributed by atoms with E-state index in [0.29, 0.717) is 16.0 Å². The molecule has 0 saturated heterocycles. The molecule has 0 atom stereocenters. The number of fused-ring (bicyclic) bond motifs is 1. The molecule has 4 saturated carbocycles. The number of amides is 1. The van der Waals surface area contributed by atoms with E-state index in [0.717, 1.165) is 27.4 Å². The highest BCUT2D eigenvalue weighted by Crippen LogP contribution is 2.61. The SMILES string of the molecule is O=C(Cn1nnc2ccccc2c1=O)Nc1nnc(C23CC4CC(CC(C4)C2)C3)s1. The van der Waals surface area contributed by atoms with Crippen LogP contribution in [0.15, 0.2) is 29.1 Å². The van der Waals surface area contributed by atoms with Crippen LogP contribution in [-0.4, -0.2) is 31.1 Å². The lowest BCUT2D eigenvalue weighted by Crippen LogP contribution is -2.48. The van der Waals surface area contributed by atoms with Crippen molar-refractivity contribution >= 4 is 33.3 Å². The number of anilines is 1. The second-order valence-corrected chi connectivity index (χ2v) is 10.2. The van der Waals surface area contributed by atoms with Crippen LogP contribution in [0.25, 0.3) is 10.9 Å². The Morgan fingerprint density at radius 2 is 1.77 bits per heavy atom. The molecule has 7 rings (SSSR count). The molecule has 8 nitrogen and oxygen atoms in total. The standard InChI is InChI=1S/C21H22N6O2S/c28-17(11-27-18(29)15-3-1-2-4-16(15)23-26-27)22-20-25-24-19(30-20)21-8-12-5-13(9-21)7-14(6-12)10-21/h1-4,12-14H,5-11H2,(H,22,25,28). The molecule has 2 heterocycles. The monoisotopic (exact) mass is 422 g/mol.